The Morgan fingerprint density at radius 3 is 2.56 bits per heavy atom. The lowest BCUT2D eigenvalue weighted by atomic mass is 9.97. The molecule has 0 spiro atoms. The van der Waals surface area contributed by atoms with Crippen LogP contribution in [0.1, 0.15) is 50.5 Å². The van der Waals surface area contributed by atoms with Gasteiger partial charge in [0.1, 0.15) is 6.23 Å². The first-order valence-electron chi connectivity index (χ1n) is 11.4. The number of benzene rings is 1. The lowest BCUT2D eigenvalue weighted by molar-refractivity contribution is 0.0255. The maximum Gasteiger partial charge on any atom is 0.332 e. The second kappa shape index (κ2) is 10.0. The van der Waals surface area contributed by atoms with Gasteiger partial charge in [-0.2, -0.15) is 4.98 Å². The fourth-order valence-corrected chi connectivity index (χ4v) is 4.74. The summed E-state index contributed by atoms with van der Waals surface area (Å²) >= 11 is 5.98. The van der Waals surface area contributed by atoms with Crippen molar-refractivity contribution in [3.05, 3.63) is 62.0 Å². The predicted octanol–water partition coefficient (Wildman–Crippen LogP) is 2.93. The molecule has 0 saturated carbocycles. The molecule has 1 saturated heterocycles. The van der Waals surface area contributed by atoms with Gasteiger partial charge in [0.05, 0.1) is 0 Å². The summed E-state index contributed by atoms with van der Waals surface area (Å²) in [6.45, 7) is 4.42. The lowest BCUT2D eigenvalue weighted by Gasteiger charge is -2.23. The summed E-state index contributed by atoms with van der Waals surface area (Å²) < 4.78 is 2.82. The molecule has 4 rings (SSSR count). The van der Waals surface area contributed by atoms with Crippen molar-refractivity contribution in [3.8, 4) is 0 Å². The summed E-state index contributed by atoms with van der Waals surface area (Å²) in [5.74, 6) is 0.122. The van der Waals surface area contributed by atoms with E-state index in [4.69, 9.17) is 11.6 Å². The van der Waals surface area contributed by atoms with Gasteiger partial charge in [-0.1, -0.05) is 43.7 Å². The number of H-pyrrole nitrogens is 1. The van der Waals surface area contributed by atoms with E-state index in [1.54, 1.807) is 0 Å². The van der Waals surface area contributed by atoms with Crippen LogP contribution < -0.4 is 11.2 Å². The number of likely N-dealkylation sites (tertiary alicyclic amines) is 1. The van der Waals surface area contributed by atoms with Crippen molar-refractivity contribution >= 4 is 22.8 Å². The number of fused-ring (bicyclic) bond motifs is 1. The van der Waals surface area contributed by atoms with E-state index in [0.29, 0.717) is 25.2 Å². The number of aryl methyl sites for hydroxylation is 1. The number of nitrogens with one attached hydrogen (secondary N) is 1. The zero-order valence-electron chi connectivity index (χ0n) is 18.3. The first kappa shape index (κ1) is 22.8. The standard InChI is InChI=1S/C23H30ClN5O3/c1-2-3-13-28-19-18(25-22(24)26-19)21(31)29(23(28)32)14-8-7-12-27-15-11-17(20(27)30)16-9-5-4-6-10-16/h4-6,9-10,17,20,30H,2-3,7-8,11-15H2,1H3,(H,25,26). The van der Waals surface area contributed by atoms with Gasteiger partial charge < -0.3 is 10.1 Å². The van der Waals surface area contributed by atoms with Gasteiger partial charge in [0.25, 0.3) is 5.56 Å². The van der Waals surface area contributed by atoms with Crippen LogP contribution >= 0.6 is 11.6 Å². The minimum Gasteiger partial charge on any atom is -0.378 e. The summed E-state index contributed by atoms with van der Waals surface area (Å²) in [7, 11) is 0. The number of aromatic amines is 1. The maximum atomic E-state index is 13.0. The van der Waals surface area contributed by atoms with Gasteiger partial charge in [-0.25, -0.2) is 4.79 Å². The summed E-state index contributed by atoms with van der Waals surface area (Å²) in [6.07, 6.45) is 3.59. The molecule has 2 N–H and O–H groups in total. The normalized spacial score (nSPS) is 19.2. The number of hydrogen-bond acceptors (Lipinski definition) is 5. The Morgan fingerprint density at radius 1 is 1.09 bits per heavy atom. The second-order valence-electron chi connectivity index (χ2n) is 8.43. The highest BCUT2D eigenvalue weighted by Gasteiger charge is 2.32. The highest BCUT2D eigenvalue weighted by molar-refractivity contribution is 6.28. The van der Waals surface area contributed by atoms with Crippen LogP contribution in [0.25, 0.3) is 11.2 Å². The second-order valence-corrected chi connectivity index (χ2v) is 8.79. The molecule has 172 valence electrons. The van der Waals surface area contributed by atoms with Crippen LogP contribution in [0.3, 0.4) is 0 Å². The van der Waals surface area contributed by atoms with Gasteiger partial charge in [0.2, 0.25) is 5.28 Å². The van der Waals surface area contributed by atoms with E-state index in [0.717, 1.165) is 44.3 Å². The number of hydrogen-bond donors (Lipinski definition) is 2. The molecular formula is C23H30ClN5O3. The first-order valence-corrected chi connectivity index (χ1v) is 11.7. The predicted molar refractivity (Wildman–Crippen MR) is 125 cm³/mol. The minimum atomic E-state index is -0.505. The van der Waals surface area contributed by atoms with Gasteiger partial charge in [0, 0.05) is 32.1 Å². The number of unbranched alkanes of at least 4 members (excludes halogenated alkanes) is 2. The van der Waals surface area contributed by atoms with Gasteiger partial charge in [-0.05, 0) is 42.8 Å². The van der Waals surface area contributed by atoms with E-state index >= 15 is 0 Å². The number of rotatable bonds is 9. The quantitative estimate of drug-likeness (QED) is 0.379. The number of aliphatic hydroxyl groups is 1. The van der Waals surface area contributed by atoms with Crippen molar-refractivity contribution in [1.29, 1.82) is 0 Å². The zero-order chi connectivity index (χ0) is 22.7. The highest BCUT2D eigenvalue weighted by Crippen LogP contribution is 2.31. The Morgan fingerprint density at radius 2 is 1.81 bits per heavy atom. The fourth-order valence-electron chi connectivity index (χ4n) is 4.56. The molecular weight excluding hydrogens is 430 g/mol. The number of halogens is 1. The first-order chi connectivity index (χ1) is 15.5. The Balaban J connectivity index is 1.42. The third-order valence-electron chi connectivity index (χ3n) is 6.33. The zero-order valence-corrected chi connectivity index (χ0v) is 19.1. The molecule has 1 aliphatic rings. The number of aromatic nitrogens is 4. The minimum absolute atomic E-state index is 0.107. The molecule has 32 heavy (non-hydrogen) atoms. The van der Waals surface area contributed by atoms with Crippen molar-refractivity contribution in [2.24, 2.45) is 0 Å². The van der Waals surface area contributed by atoms with Crippen LogP contribution in [-0.4, -0.2) is 48.4 Å². The molecule has 0 bridgehead atoms. The lowest BCUT2D eigenvalue weighted by Crippen LogP contribution is -2.40. The van der Waals surface area contributed by atoms with Gasteiger partial charge >= 0.3 is 5.69 Å². The van der Waals surface area contributed by atoms with Crippen molar-refractivity contribution < 1.29 is 5.11 Å². The Labute approximate surface area is 191 Å². The molecule has 0 amide bonds. The Hall–Kier alpha value is -2.42. The smallest absolute Gasteiger partial charge is 0.332 e. The SMILES string of the molecule is CCCCn1c(=O)n(CCCCN2CCC(c3ccccc3)C2O)c(=O)c2[nH]c(Cl)nc21. The molecule has 3 heterocycles. The van der Waals surface area contributed by atoms with Crippen LogP contribution in [0, 0.1) is 0 Å². The van der Waals surface area contributed by atoms with Crippen LogP contribution in [0.5, 0.6) is 0 Å². The number of aliphatic hydroxyl groups excluding tert-OH is 1. The third-order valence-corrected chi connectivity index (χ3v) is 6.51. The van der Waals surface area contributed by atoms with E-state index in [1.165, 1.54) is 9.13 Å². The topological polar surface area (TPSA) is 96.1 Å². The molecule has 1 fully saturated rings. The van der Waals surface area contributed by atoms with E-state index in [9.17, 15) is 14.7 Å². The summed E-state index contributed by atoms with van der Waals surface area (Å²) in [6, 6.07) is 10.1. The number of nitrogens with zero attached hydrogens (tertiary/aromatic N) is 4. The number of imidazole rings is 1. The van der Waals surface area contributed by atoms with Gasteiger partial charge in [-0.15, -0.1) is 0 Å². The van der Waals surface area contributed by atoms with E-state index in [2.05, 4.69) is 27.0 Å². The molecule has 0 radical (unpaired) electrons. The summed E-state index contributed by atoms with van der Waals surface area (Å²) in [4.78, 5) is 34.9. The molecule has 2 unspecified atom stereocenters. The molecule has 9 heteroatoms. The average molecular weight is 460 g/mol. The molecule has 1 aliphatic heterocycles. The van der Waals surface area contributed by atoms with E-state index in [-0.39, 0.29) is 28.0 Å². The Bertz CT molecular complexity index is 1170. The molecule has 2 atom stereocenters. The summed E-state index contributed by atoms with van der Waals surface area (Å²) in [5.41, 5.74) is 1.02. The van der Waals surface area contributed by atoms with Crippen LogP contribution in [-0.2, 0) is 13.1 Å². The Kier molecular flexibility index (Phi) is 7.13. The molecule has 2 aromatic heterocycles. The average Bonchev–Trinajstić information content (AvgIpc) is 3.36. The highest BCUT2D eigenvalue weighted by atomic mass is 35.5. The molecule has 0 aliphatic carbocycles. The van der Waals surface area contributed by atoms with E-state index in [1.807, 2.05) is 25.1 Å². The molecule has 1 aromatic carbocycles. The summed E-state index contributed by atoms with van der Waals surface area (Å²) in [5, 5.41) is 10.8. The van der Waals surface area contributed by atoms with Crippen LogP contribution in [0.4, 0.5) is 0 Å². The van der Waals surface area contributed by atoms with Gasteiger partial charge in [0.15, 0.2) is 11.2 Å². The monoisotopic (exact) mass is 459 g/mol. The fraction of sp³-hybridized carbons (Fsp3) is 0.522. The van der Waals surface area contributed by atoms with Crippen LogP contribution in [0.15, 0.2) is 39.9 Å². The van der Waals surface area contributed by atoms with Crippen molar-refractivity contribution in [2.45, 2.75) is 64.3 Å². The van der Waals surface area contributed by atoms with E-state index < -0.39 is 6.23 Å². The molecule has 8 nitrogen and oxygen atoms in total. The van der Waals surface area contributed by atoms with Crippen molar-refractivity contribution in [1.82, 2.24) is 24.0 Å². The van der Waals surface area contributed by atoms with Crippen molar-refractivity contribution in [3.63, 3.8) is 0 Å². The van der Waals surface area contributed by atoms with Crippen molar-refractivity contribution in [2.75, 3.05) is 13.1 Å². The largest absolute Gasteiger partial charge is 0.378 e. The van der Waals surface area contributed by atoms with Crippen LogP contribution in [0.2, 0.25) is 5.28 Å². The molecule has 3 aromatic rings. The third kappa shape index (κ3) is 4.53. The van der Waals surface area contributed by atoms with Gasteiger partial charge in [-0.3, -0.25) is 18.8 Å². The maximum absolute atomic E-state index is 13.0.